The van der Waals surface area contributed by atoms with Gasteiger partial charge in [0.25, 0.3) is 0 Å². The molecule has 2 aromatic rings. The van der Waals surface area contributed by atoms with E-state index in [4.69, 9.17) is 0 Å². The summed E-state index contributed by atoms with van der Waals surface area (Å²) in [6.07, 6.45) is 2.60. The number of benzene rings is 2. The van der Waals surface area contributed by atoms with E-state index in [0.717, 1.165) is 42.8 Å². The minimum Gasteiger partial charge on any atom is -0.388 e. The van der Waals surface area contributed by atoms with Gasteiger partial charge in [-0.1, -0.05) is 48.5 Å². The highest BCUT2D eigenvalue weighted by Crippen LogP contribution is 2.27. The molecule has 0 spiro atoms. The highest BCUT2D eigenvalue weighted by molar-refractivity contribution is 7.85. The zero-order valence-electron chi connectivity index (χ0n) is 13.9. The second-order valence-electron chi connectivity index (χ2n) is 6.36. The lowest BCUT2D eigenvalue weighted by atomic mass is 10.0. The standard InChI is InChI=1S/C20H25NO2S/c22-20(17-8-3-1-4-9-17)16-18-10-7-13-21(18)14-15-24(23)19-11-5-2-6-12-19/h1-6,8-9,11-12,18,20,22H,7,10,13-16H2. The SMILES string of the molecule is O=S(CCN1CCCC1CC(O)c1ccccc1)c1ccccc1. The molecule has 1 aliphatic heterocycles. The summed E-state index contributed by atoms with van der Waals surface area (Å²) in [5, 5.41) is 10.5. The molecule has 0 aliphatic carbocycles. The van der Waals surface area contributed by atoms with Crippen LogP contribution in [0.4, 0.5) is 0 Å². The Morgan fingerprint density at radius 2 is 1.75 bits per heavy atom. The van der Waals surface area contributed by atoms with Crippen molar-refractivity contribution in [2.45, 2.75) is 36.3 Å². The van der Waals surface area contributed by atoms with Crippen LogP contribution in [0.1, 0.15) is 30.9 Å². The fraction of sp³-hybridized carbons (Fsp3) is 0.400. The van der Waals surface area contributed by atoms with Crippen LogP contribution >= 0.6 is 0 Å². The molecule has 0 aromatic heterocycles. The Balaban J connectivity index is 1.53. The molecule has 1 saturated heterocycles. The number of likely N-dealkylation sites (tertiary alicyclic amines) is 1. The zero-order valence-corrected chi connectivity index (χ0v) is 14.7. The van der Waals surface area contributed by atoms with Crippen LogP contribution < -0.4 is 0 Å². The number of hydrogen-bond donors (Lipinski definition) is 1. The number of nitrogens with zero attached hydrogens (tertiary/aromatic N) is 1. The molecule has 3 nitrogen and oxygen atoms in total. The van der Waals surface area contributed by atoms with Crippen molar-refractivity contribution in [3.05, 3.63) is 66.2 Å². The van der Waals surface area contributed by atoms with E-state index in [9.17, 15) is 9.32 Å². The maximum absolute atomic E-state index is 12.4. The van der Waals surface area contributed by atoms with Crippen molar-refractivity contribution in [2.75, 3.05) is 18.8 Å². The smallest absolute Gasteiger partial charge is 0.0805 e. The monoisotopic (exact) mass is 343 g/mol. The molecule has 3 rings (SSSR count). The first-order valence-corrected chi connectivity index (χ1v) is 9.96. The fourth-order valence-electron chi connectivity index (χ4n) is 3.42. The molecule has 0 radical (unpaired) electrons. The third-order valence-corrected chi connectivity index (χ3v) is 6.10. The van der Waals surface area contributed by atoms with E-state index in [0.29, 0.717) is 11.8 Å². The molecule has 3 atom stereocenters. The quantitative estimate of drug-likeness (QED) is 0.838. The molecule has 3 unspecified atom stereocenters. The molecule has 0 amide bonds. The van der Waals surface area contributed by atoms with Crippen LogP contribution in [0.25, 0.3) is 0 Å². The normalized spacial score (nSPS) is 20.8. The van der Waals surface area contributed by atoms with E-state index < -0.39 is 16.9 Å². The lowest BCUT2D eigenvalue weighted by Crippen LogP contribution is -2.34. The average Bonchev–Trinajstić information content (AvgIpc) is 3.08. The summed E-state index contributed by atoms with van der Waals surface area (Å²) in [6.45, 7) is 1.87. The van der Waals surface area contributed by atoms with Crippen molar-refractivity contribution in [1.29, 1.82) is 0 Å². The summed E-state index contributed by atoms with van der Waals surface area (Å²) in [5.41, 5.74) is 0.984. The topological polar surface area (TPSA) is 40.5 Å². The Kier molecular flexibility index (Phi) is 6.18. The molecule has 24 heavy (non-hydrogen) atoms. The average molecular weight is 343 g/mol. The van der Waals surface area contributed by atoms with E-state index in [1.807, 2.05) is 60.7 Å². The number of hydrogen-bond acceptors (Lipinski definition) is 3. The molecule has 1 fully saturated rings. The minimum atomic E-state index is -0.947. The van der Waals surface area contributed by atoms with E-state index in [1.165, 1.54) is 0 Å². The Labute approximate surface area is 146 Å². The number of aliphatic hydroxyl groups is 1. The zero-order chi connectivity index (χ0) is 16.8. The maximum atomic E-state index is 12.4. The van der Waals surface area contributed by atoms with E-state index in [1.54, 1.807) is 0 Å². The molecular weight excluding hydrogens is 318 g/mol. The summed E-state index contributed by atoms with van der Waals surface area (Å²) in [5.74, 6) is 0.655. The van der Waals surface area contributed by atoms with E-state index in [-0.39, 0.29) is 0 Å². The van der Waals surface area contributed by atoms with Crippen LogP contribution in [0.5, 0.6) is 0 Å². The predicted octanol–water partition coefficient (Wildman–Crippen LogP) is 3.38. The van der Waals surface area contributed by atoms with Crippen molar-refractivity contribution >= 4 is 10.8 Å². The molecule has 0 bridgehead atoms. The Morgan fingerprint density at radius 3 is 2.46 bits per heavy atom. The van der Waals surface area contributed by atoms with Gasteiger partial charge in [0.1, 0.15) is 0 Å². The van der Waals surface area contributed by atoms with Crippen LogP contribution in [0.2, 0.25) is 0 Å². The number of rotatable bonds is 7. The molecule has 1 N–H and O–H groups in total. The molecule has 0 saturated carbocycles. The predicted molar refractivity (Wildman–Crippen MR) is 98.3 cm³/mol. The van der Waals surface area contributed by atoms with Crippen molar-refractivity contribution in [1.82, 2.24) is 4.90 Å². The largest absolute Gasteiger partial charge is 0.388 e. The van der Waals surface area contributed by atoms with Crippen LogP contribution in [0, 0.1) is 0 Å². The summed E-state index contributed by atoms with van der Waals surface area (Å²) < 4.78 is 12.4. The highest BCUT2D eigenvalue weighted by atomic mass is 32.2. The summed E-state index contributed by atoms with van der Waals surface area (Å²) in [7, 11) is -0.947. The van der Waals surface area contributed by atoms with Gasteiger partial charge in [0.15, 0.2) is 0 Å². The van der Waals surface area contributed by atoms with Gasteiger partial charge in [-0.05, 0) is 43.5 Å². The fourth-order valence-corrected chi connectivity index (χ4v) is 4.51. The molecular formula is C20H25NO2S. The Hall–Kier alpha value is -1.49. The third kappa shape index (κ3) is 4.53. The van der Waals surface area contributed by atoms with Gasteiger partial charge in [0.2, 0.25) is 0 Å². The van der Waals surface area contributed by atoms with Crippen LogP contribution in [0.15, 0.2) is 65.6 Å². The van der Waals surface area contributed by atoms with E-state index in [2.05, 4.69) is 4.90 Å². The van der Waals surface area contributed by atoms with Gasteiger partial charge in [-0.3, -0.25) is 9.11 Å². The molecule has 1 aliphatic rings. The van der Waals surface area contributed by atoms with Gasteiger partial charge >= 0.3 is 0 Å². The van der Waals surface area contributed by atoms with Crippen molar-refractivity contribution in [3.8, 4) is 0 Å². The molecule has 4 heteroatoms. The van der Waals surface area contributed by atoms with Gasteiger partial charge in [-0.15, -0.1) is 0 Å². The van der Waals surface area contributed by atoms with Crippen LogP contribution in [-0.2, 0) is 10.8 Å². The molecule has 128 valence electrons. The first-order chi connectivity index (χ1) is 11.7. The van der Waals surface area contributed by atoms with Crippen LogP contribution in [-0.4, -0.2) is 39.1 Å². The lowest BCUT2D eigenvalue weighted by Gasteiger charge is -2.26. The second-order valence-corrected chi connectivity index (χ2v) is 7.93. The summed E-state index contributed by atoms with van der Waals surface area (Å²) in [6, 6.07) is 19.9. The maximum Gasteiger partial charge on any atom is 0.0805 e. The first-order valence-electron chi connectivity index (χ1n) is 8.64. The van der Waals surface area contributed by atoms with Gasteiger partial charge in [0, 0.05) is 23.2 Å². The Morgan fingerprint density at radius 1 is 1.08 bits per heavy atom. The van der Waals surface area contributed by atoms with Gasteiger partial charge in [-0.2, -0.15) is 0 Å². The van der Waals surface area contributed by atoms with Crippen molar-refractivity contribution in [2.24, 2.45) is 0 Å². The Bertz CT molecular complexity index is 647. The van der Waals surface area contributed by atoms with Gasteiger partial charge < -0.3 is 5.11 Å². The highest BCUT2D eigenvalue weighted by Gasteiger charge is 2.27. The second kappa shape index (κ2) is 8.56. The summed E-state index contributed by atoms with van der Waals surface area (Å²) in [4.78, 5) is 3.30. The molecule has 2 aromatic carbocycles. The van der Waals surface area contributed by atoms with Gasteiger partial charge in [0.05, 0.1) is 16.9 Å². The number of aliphatic hydroxyl groups excluding tert-OH is 1. The summed E-state index contributed by atoms with van der Waals surface area (Å²) >= 11 is 0. The van der Waals surface area contributed by atoms with Gasteiger partial charge in [-0.25, -0.2) is 0 Å². The minimum absolute atomic E-state index is 0.382. The van der Waals surface area contributed by atoms with E-state index >= 15 is 0 Å². The van der Waals surface area contributed by atoms with Crippen LogP contribution in [0.3, 0.4) is 0 Å². The van der Waals surface area contributed by atoms with Crippen molar-refractivity contribution in [3.63, 3.8) is 0 Å². The first kappa shape index (κ1) is 17.3. The third-order valence-electron chi connectivity index (χ3n) is 4.75. The van der Waals surface area contributed by atoms with Crippen molar-refractivity contribution < 1.29 is 9.32 Å². The lowest BCUT2D eigenvalue weighted by molar-refractivity contribution is 0.123. The molecule has 1 heterocycles.